The van der Waals surface area contributed by atoms with Crippen LogP contribution in [0.15, 0.2) is 79.0 Å². The monoisotopic (exact) mass is 337 g/mol. The molecule has 1 aromatic heterocycles. The van der Waals surface area contributed by atoms with Gasteiger partial charge in [0.1, 0.15) is 0 Å². The Morgan fingerprint density at radius 1 is 0.885 bits per heavy atom. The van der Waals surface area contributed by atoms with Gasteiger partial charge in [-0.25, -0.2) is 0 Å². The summed E-state index contributed by atoms with van der Waals surface area (Å²) in [6.45, 7) is 2.18. The van der Waals surface area contributed by atoms with Crippen LogP contribution in [0.5, 0.6) is 0 Å². The minimum atomic E-state index is 0.608. The molecule has 2 heteroatoms. The first-order chi connectivity index (χ1) is 12.8. The Balaban J connectivity index is 1.77. The van der Waals surface area contributed by atoms with Crippen LogP contribution in [0.3, 0.4) is 0 Å². The SMILES string of the molecule is Cc1c(Cc2cccc3cc(C=O)cnc23)cccc1-c1ccccc1. The molecule has 0 atom stereocenters. The number of carbonyl (C=O) groups excluding carboxylic acids is 1. The van der Waals surface area contributed by atoms with Crippen molar-refractivity contribution in [3.63, 3.8) is 0 Å². The molecule has 0 radical (unpaired) electrons. The first kappa shape index (κ1) is 16.2. The molecule has 0 fully saturated rings. The van der Waals surface area contributed by atoms with Gasteiger partial charge < -0.3 is 0 Å². The lowest BCUT2D eigenvalue weighted by atomic mass is 9.92. The molecule has 4 aromatic rings. The highest BCUT2D eigenvalue weighted by atomic mass is 16.1. The van der Waals surface area contributed by atoms with Crippen molar-refractivity contribution in [2.45, 2.75) is 13.3 Å². The number of fused-ring (bicyclic) bond motifs is 1. The van der Waals surface area contributed by atoms with Gasteiger partial charge in [0.25, 0.3) is 0 Å². The maximum Gasteiger partial charge on any atom is 0.151 e. The van der Waals surface area contributed by atoms with E-state index in [1.54, 1.807) is 6.20 Å². The van der Waals surface area contributed by atoms with Crippen molar-refractivity contribution < 1.29 is 4.79 Å². The Bertz CT molecular complexity index is 1080. The highest BCUT2D eigenvalue weighted by Crippen LogP contribution is 2.28. The molecule has 2 nitrogen and oxygen atoms in total. The molecule has 0 aliphatic rings. The summed E-state index contributed by atoms with van der Waals surface area (Å²) >= 11 is 0. The van der Waals surface area contributed by atoms with Gasteiger partial charge in [0.2, 0.25) is 0 Å². The van der Waals surface area contributed by atoms with E-state index in [4.69, 9.17) is 0 Å². The lowest BCUT2D eigenvalue weighted by Gasteiger charge is -2.13. The third kappa shape index (κ3) is 3.02. The molecule has 0 spiro atoms. The average molecular weight is 337 g/mol. The Kier molecular flexibility index (Phi) is 4.32. The van der Waals surface area contributed by atoms with Crippen molar-refractivity contribution >= 4 is 17.2 Å². The van der Waals surface area contributed by atoms with Gasteiger partial charge in [-0.3, -0.25) is 9.78 Å². The predicted molar refractivity (Wildman–Crippen MR) is 107 cm³/mol. The van der Waals surface area contributed by atoms with Gasteiger partial charge in [-0.15, -0.1) is 0 Å². The number of hydrogen-bond donors (Lipinski definition) is 0. The Hall–Kier alpha value is -3.26. The second-order valence-electron chi connectivity index (χ2n) is 6.51. The summed E-state index contributed by atoms with van der Waals surface area (Å²) in [7, 11) is 0. The third-order valence-corrected chi connectivity index (χ3v) is 4.86. The van der Waals surface area contributed by atoms with Gasteiger partial charge in [0.05, 0.1) is 5.52 Å². The number of rotatable bonds is 4. The quantitative estimate of drug-likeness (QED) is 0.453. The summed E-state index contributed by atoms with van der Waals surface area (Å²) in [4.78, 5) is 15.5. The van der Waals surface area contributed by atoms with E-state index >= 15 is 0 Å². The van der Waals surface area contributed by atoms with Crippen LogP contribution in [0, 0.1) is 6.92 Å². The van der Waals surface area contributed by atoms with Crippen LogP contribution < -0.4 is 0 Å². The van der Waals surface area contributed by atoms with Crippen LogP contribution in [0.25, 0.3) is 22.0 Å². The molecular weight excluding hydrogens is 318 g/mol. The van der Waals surface area contributed by atoms with Crippen molar-refractivity contribution in [1.29, 1.82) is 0 Å². The van der Waals surface area contributed by atoms with E-state index < -0.39 is 0 Å². The Morgan fingerprint density at radius 3 is 2.46 bits per heavy atom. The number of nitrogens with zero attached hydrogens (tertiary/aromatic N) is 1. The Labute approximate surface area is 153 Å². The summed E-state index contributed by atoms with van der Waals surface area (Å²) < 4.78 is 0. The molecule has 0 unspecified atom stereocenters. The van der Waals surface area contributed by atoms with Crippen molar-refractivity contribution in [2.24, 2.45) is 0 Å². The maximum absolute atomic E-state index is 11.0. The van der Waals surface area contributed by atoms with Crippen LogP contribution in [0.1, 0.15) is 27.0 Å². The van der Waals surface area contributed by atoms with Gasteiger partial charge in [-0.1, -0.05) is 66.7 Å². The first-order valence-electron chi connectivity index (χ1n) is 8.73. The summed E-state index contributed by atoms with van der Waals surface area (Å²) in [5.41, 5.74) is 7.83. The second kappa shape index (κ2) is 6.93. The lowest BCUT2D eigenvalue weighted by molar-refractivity contribution is 0.112. The largest absolute Gasteiger partial charge is 0.298 e. The molecule has 4 rings (SSSR count). The fourth-order valence-corrected chi connectivity index (χ4v) is 3.46. The van der Waals surface area contributed by atoms with E-state index in [2.05, 4.69) is 60.4 Å². The summed E-state index contributed by atoms with van der Waals surface area (Å²) in [5, 5.41) is 1.00. The van der Waals surface area contributed by atoms with Crippen molar-refractivity contribution in [1.82, 2.24) is 4.98 Å². The number of aldehydes is 1. The van der Waals surface area contributed by atoms with Crippen LogP contribution in [0.4, 0.5) is 0 Å². The normalized spacial score (nSPS) is 10.8. The zero-order valence-corrected chi connectivity index (χ0v) is 14.6. The highest BCUT2D eigenvalue weighted by molar-refractivity contribution is 5.87. The smallest absolute Gasteiger partial charge is 0.151 e. The van der Waals surface area contributed by atoms with Gasteiger partial charge in [-0.2, -0.15) is 0 Å². The standard InChI is InChI=1S/C24H19NO/c1-17-20(9-6-12-23(17)19-7-3-2-4-8-19)14-22-11-5-10-21-13-18(16-26)15-25-24(21)22/h2-13,15-16H,14H2,1H3. The van der Waals surface area contributed by atoms with E-state index in [0.717, 1.165) is 23.6 Å². The molecular formula is C24H19NO. The van der Waals surface area contributed by atoms with Crippen LogP contribution in [0.2, 0.25) is 0 Å². The topological polar surface area (TPSA) is 30.0 Å². The van der Waals surface area contributed by atoms with E-state index in [-0.39, 0.29) is 0 Å². The number of pyridine rings is 1. The zero-order valence-electron chi connectivity index (χ0n) is 14.6. The molecule has 1 heterocycles. The maximum atomic E-state index is 11.0. The summed E-state index contributed by atoms with van der Waals surface area (Å²) in [5.74, 6) is 0. The molecule has 0 N–H and O–H groups in total. The molecule has 3 aromatic carbocycles. The van der Waals surface area contributed by atoms with Crippen molar-refractivity contribution in [3.8, 4) is 11.1 Å². The van der Waals surface area contributed by atoms with E-state index in [1.807, 2.05) is 24.3 Å². The number of para-hydroxylation sites is 1. The van der Waals surface area contributed by atoms with E-state index in [9.17, 15) is 4.79 Å². The van der Waals surface area contributed by atoms with Gasteiger partial charge in [-0.05, 0) is 47.2 Å². The van der Waals surface area contributed by atoms with Gasteiger partial charge in [0, 0.05) is 17.1 Å². The number of benzene rings is 3. The minimum Gasteiger partial charge on any atom is -0.298 e. The van der Waals surface area contributed by atoms with Crippen LogP contribution in [-0.2, 0) is 6.42 Å². The number of hydrogen-bond acceptors (Lipinski definition) is 2. The minimum absolute atomic E-state index is 0.608. The molecule has 26 heavy (non-hydrogen) atoms. The lowest BCUT2D eigenvalue weighted by Crippen LogP contribution is -1.97. The zero-order chi connectivity index (χ0) is 17.9. The Morgan fingerprint density at radius 2 is 1.65 bits per heavy atom. The van der Waals surface area contributed by atoms with Crippen LogP contribution in [-0.4, -0.2) is 11.3 Å². The average Bonchev–Trinajstić information content (AvgIpc) is 2.70. The third-order valence-electron chi connectivity index (χ3n) is 4.86. The molecule has 0 saturated carbocycles. The van der Waals surface area contributed by atoms with Crippen molar-refractivity contribution in [2.75, 3.05) is 0 Å². The highest BCUT2D eigenvalue weighted by Gasteiger charge is 2.09. The first-order valence-corrected chi connectivity index (χ1v) is 8.73. The van der Waals surface area contributed by atoms with Gasteiger partial charge in [0.15, 0.2) is 6.29 Å². The number of aromatic nitrogens is 1. The van der Waals surface area contributed by atoms with Crippen molar-refractivity contribution in [3.05, 3.63) is 101 Å². The number of carbonyl (C=O) groups is 1. The summed E-state index contributed by atoms with van der Waals surface area (Å²) in [6.07, 6.45) is 3.30. The van der Waals surface area contributed by atoms with Gasteiger partial charge >= 0.3 is 0 Å². The predicted octanol–water partition coefficient (Wildman–Crippen LogP) is 5.61. The van der Waals surface area contributed by atoms with E-state index in [1.165, 1.54) is 27.8 Å². The summed E-state index contributed by atoms with van der Waals surface area (Å²) in [6, 6.07) is 25.0. The molecule has 0 amide bonds. The second-order valence-corrected chi connectivity index (χ2v) is 6.51. The fourth-order valence-electron chi connectivity index (χ4n) is 3.46. The molecule has 0 bridgehead atoms. The van der Waals surface area contributed by atoms with Crippen LogP contribution >= 0.6 is 0 Å². The van der Waals surface area contributed by atoms with E-state index in [0.29, 0.717) is 5.56 Å². The molecule has 0 saturated heterocycles. The molecule has 126 valence electrons. The molecule has 0 aliphatic heterocycles. The fraction of sp³-hybridized carbons (Fsp3) is 0.0833. The molecule has 0 aliphatic carbocycles.